The lowest BCUT2D eigenvalue weighted by Crippen LogP contribution is -2.25. The van der Waals surface area contributed by atoms with Gasteiger partial charge in [-0.1, -0.05) is 23.2 Å². The summed E-state index contributed by atoms with van der Waals surface area (Å²) in [5.74, 6) is 0.256. The zero-order valence-corrected chi connectivity index (χ0v) is 10.0. The van der Waals surface area contributed by atoms with Crippen molar-refractivity contribution in [2.75, 3.05) is 18.0 Å². The van der Waals surface area contributed by atoms with Crippen molar-refractivity contribution in [2.24, 2.45) is 11.7 Å². The van der Waals surface area contributed by atoms with E-state index in [1.807, 2.05) is 0 Å². The van der Waals surface area contributed by atoms with Gasteiger partial charge in [-0.15, -0.1) is 0 Å². The van der Waals surface area contributed by atoms with Gasteiger partial charge >= 0.3 is 0 Å². The second-order valence-electron chi connectivity index (χ2n) is 3.78. The SMILES string of the molecule is NCC1CC(=O)N(c2cc(Cl)nc(Cl)c2)C1. The Kier molecular flexibility index (Phi) is 3.33. The summed E-state index contributed by atoms with van der Waals surface area (Å²) in [5, 5.41) is 0.568. The van der Waals surface area contributed by atoms with Gasteiger partial charge in [-0.3, -0.25) is 4.79 Å². The Morgan fingerprint density at radius 1 is 1.44 bits per heavy atom. The monoisotopic (exact) mass is 259 g/mol. The van der Waals surface area contributed by atoms with Gasteiger partial charge in [-0.2, -0.15) is 0 Å². The molecule has 1 aromatic heterocycles. The topological polar surface area (TPSA) is 59.2 Å². The van der Waals surface area contributed by atoms with E-state index < -0.39 is 0 Å². The Morgan fingerprint density at radius 2 is 2.06 bits per heavy atom. The van der Waals surface area contributed by atoms with Gasteiger partial charge < -0.3 is 10.6 Å². The van der Waals surface area contributed by atoms with E-state index in [-0.39, 0.29) is 22.1 Å². The first-order valence-corrected chi connectivity index (χ1v) is 5.69. The minimum absolute atomic E-state index is 0.0498. The molecule has 1 amide bonds. The number of amides is 1. The Hall–Kier alpha value is -0.840. The van der Waals surface area contributed by atoms with Crippen molar-refractivity contribution < 1.29 is 4.79 Å². The first kappa shape index (κ1) is 11.6. The molecule has 2 rings (SSSR count). The average Bonchev–Trinajstić information content (AvgIpc) is 2.58. The van der Waals surface area contributed by atoms with Crippen LogP contribution in [0.3, 0.4) is 0 Å². The van der Waals surface area contributed by atoms with Crippen molar-refractivity contribution in [3.05, 3.63) is 22.4 Å². The van der Waals surface area contributed by atoms with Crippen molar-refractivity contribution in [3.8, 4) is 0 Å². The largest absolute Gasteiger partial charge is 0.330 e. The summed E-state index contributed by atoms with van der Waals surface area (Å²) in [6.45, 7) is 1.13. The first-order valence-electron chi connectivity index (χ1n) is 4.93. The van der Waals surface area contributed by atoms with Gasteiger partial charge in [0.05, 0.1) is 0 Å². The molecule has 2 heterocycles. The van der Waals surface area contributed by atoms with E-state index in [4.69, 9.17) is 28.9 Å². The predicted molar refractivity (Wildman–Crippen MR) is 63.8 cm³/mol. The number of nitrogens with zero attached hydrogens (tertiary/aromatic N) is 2. The number of aromatic nitrogens is 1. The number of halogens is 2. The standard InChI is InChI=1S/C10H11Cl2N3O/c11-8-2-7(3-9(12)14-8)15-5-6(4-13)1-10(15)16/h2-3,6H,1,4-5,13H2. The molecule has 16 heavy (non-hydrogen) atoms. The molecule has 1 saturated heterocycles. The first-order chi connectivity index (χ1) is 7.60. The highest BCUT2D eigenvalue weighted by Crippen LogP contribution is 2.28. The minimum Gasteiger partial charge on any atom is -0.330 e. The third-order valence-corrected chi connectivity index (χ3v) is 2.98. The smallest absolute Gasteiger partial charge is 0.227 e. The van der Waals surface area contributed by atoms with Crippen molar-refractivity contribution in [2.45, 2.75) is 6.42 Å². The van der Waals surface area contributed by atoms with Crippen molar-refractivity contribution >= 4 is 34.8 Å². The second kappa shape index (κ2) is 4.57. The average molecular weight is 260 g/mol. The maximum Gasteiger partial charge on any atom is 0.227 e. The van der Waals surface area contributed by atoms with Crippen LogP contribution < -0.4 is 10.6 Å². The van der Waals surface area contributed by atoms with Gasteiger partial charge in [-0.25, -0.2) is 4.98 Å². The number of nitrogens with two attached hydrogens (primary N) is 1. The fourth-order valence-corrected chi connectivity index (χ4v) is 2.25. The van der Waals surface area contributed by atoms with Crippen LogP contribution in [-0.2, 0) is 4.79 Å². The summed E-state index contributed by atoms with van der Waals surface area (Å²) < 4.78 is 0. The van der Waals surface area contributed by atoms with Crippen LogP contribution in [0.5, 0.6) is 0 Å². The van der Waals surface area contributed by atoms with Gasteiger partial charge in [0, 0.05) is 18.7 Å². The highest BCUT2D eigenvalue weighted by molar-refractivity contribution is 6.33. The molecule has 0 aromatic carbocycles. The lowest BCUT2D eigenvalue weighted by Gasteiger charge is -2.16. The second-order valence-corrected chi connectivity index (χ2v) is 4.56. The van der Waals surface area contributed by atoms with Crippen LogP contribution in [0.15, 0.2) is 12.1 Å². The molecule has 0 bridgehead atoms. The molecule has 0 spiro atoms. The van der Waals surface area contributed by atoms with E-state index in [0.717, 1.165) is 0 Å². The molecular weight excluding hydrogens is 249 g/mol. The van der Waals surface area contributed by atoms with E-state index in [0.29, 0.717) is 25.2 Å². The van der Waals surface area contributed by atoms with Crippen LogP contribution in [-0.4, -0.2) is 24.0 Å². The summed E-state index contributed by atoms with van der Waals surface area (Å²) in [6, 6.07) is 3.26. The molecule has 0 radical (unpaired) electrons. The van der Waals surface area contributed by atoms with E-state index in [1.165, 1.54) is 0 Å². The molecule has 0 aliphatic carbocycles. The third kappa shape index (κ3) is 2.29. The molecule has 1 unspecified atom stereocenters. The molecule has 2 N–H and O–H groups in total. The van der Waals surface area contributed by atoms with Crippen molar-refractivity contribution in [1.29, 1.82) is 0 Å². The van der Waals surface area contributed by atoms with Crippen LogP contribution in [0, 0.1) is 5.92 Å². The number of hydrogen-bond acceptors (Lipinski definition) is 3. The van der Waals surface area contributed by atoms with E-state index in [2.05, 4.69) is 4.98 Å². The summed E-state index contributed by atoms with van der Waals surface area (Å²) >= 11 is 11.6. The Morgan fingerprint density at radius 3 is 2.56 bits per heavy atom. The molecule has 1 aromatic rings. The minimum atomic E-state index is 0.0498. The Labute approximate surface area is 103 Å². The number of anilines is 1. The van der Waals surface area contributed by atoms with Crippen LogP contribution in [0.2, 0.25) is 10.3 Å². The number of pyridine rings is 1. The maximum atomic E-state index is 11.7. The summed E-state index contributed by atoms with van der Waals surface area (Å²) in [4.78, 5) is 17.2. The molecule has 1 aliphatic rings. The molecule has 86 valence electrons. The Balaban J connectivity index is 2.27. The van der Waals surface area contributed by atoms with Crippen molar-refractivity contribution in [1.82, 2.24) is 4.98 Å². The predicted octanol–water partition coefficient (Wildman–Crippen LogP) is 1.70. The lowest BCUT2D eigenvalue weighted by molar-refractivity contribution is -0.117. The number of hydrogen-bond donors (Lipinski definition) is 1. The fourth-order valence-electron chi connectivity index (χ4n) is 1.80. The van der Waals surface area contributed by atoms with Crippen LogP contribution in [0.25, 0.3) is 0 Å². The third-order valence-electron chi connectivity index (χ3n) is 2.60. The maximum absolute atomic E-state index is 11.7. The summed E-state index contributed by atoms with van der Waals surface area (Å²) in [7, 11) is 0. The van der Waals surface area contributed by atoms with Gasteiger partial charge in [0.25, 0.3) is 0 Å². The molecule has 6 heteroatoms. The summed E-state index contributed by atoms with van der Waals surface area (Å²) in [5.41, 5.74) is 6.24. The molecule has 1 atom stereocenters. The molecular formula is C10H11Cl2N3O. The van der Waals surface area contributed by atoms with Gasteiger partial charge in [0.2, 0.25) is 5.91 Å². The number of carbonyl (C=O) groups is 1. The molecule has 0 saturated carbocycles. The zero-order valence-electron chi connectivity index (χ0n) is 8.49. The van der Waals surface area contributed by atoms with Crippen LogP contribution in [0.1, 0.15) is 6.42 Å². The normalized spacial score (nSPS) is 20.6. The fraction of sp³-hybridized carbons (Fsp3) is 0.400. The highest BCUT2D eigenvalue weighted by Gasteiger charge is 2.29. The number of carbonyl (C=O) groups excluding carboxylic acids is 1. The molecule has 1 fully saturated rings. The van der Waals surface area contributed by atoms with Crippen molar-refractivity contribution in [3.63, 3.8) is 0 Å². The molecule has 1 aliphatic heterocycles. The summed E-state index contributed by atoms with van der Waals surface area (Å²) in [6.07, 6.45) is 0.480. The van der Waals surface area contributed by atoms with Crippen LogP contribution in [0.4, 0.5) is 5.69 Å². The van der Waals surface area contributed by atoms with E-state index in [1.54, 1.807) is 17.0 Å². The zero-order chi connectivity index (χ0) is 11.7. The highest BCUT2D eigenvalue weighted by atomic mass is 35.5. The molecule has 4 nitrogen and oxygen atoms in total. The van der Waals surface area contributed by atoms with E-state index in [9.17, 15) is 4.79 Å². The van der Waals surface area contributed by atoms with Gasteiger partial charge in [0.15, 0.2) is 0 Å². The Bertz CT molecular complexity index is 404. The number of rotatable bonds is 2. The lowest BCUT2D eigenvalue weighted by atomic mass is 10.1. The van der Waals surface area contributed by atoms with E-state index >= 15 is 0 Å². The van der Waals surface area contributed by atoms with Crippen LogP contribution >= 0.6 is 23.2 Å². The van der Waals surface area contributed by atoms with Gasteiger partial charge in [0.1, 0.15) is 10.3 Å². The quantitative estimate of drug-likeness (QED) is 0.823. The van der Waals surface area contributed by atoms with Gasteiger partial charge in [-0.05, 0) is 24.6 Å².